The number of halogens is 1. The summed E-state index contributed by atoms with van der Waals surface area (Å²) in [5.74, 6) is 0.0314. The second-order valence-electron chi connectivity index (χ2n) is 8.29. The minimum Gasteiger partial charge on any atom is -0.467 e. The molecular weight excluding hydrogens is 449 g/mol. The Kier molecular flexibility index (Phi) is 6.30. The van der Waals surface area contributed by atoms with Gasteiger partial charge in [0.25, 0.3) is 5.91 Å². The molecule has 2 heterocycles. The number of hydrogen-bond acceptors (Lipinski definition) is 4. The highest BCUT2D eigenvalue weighted by molar-refractivity contribution is 6.04. The lowest BCUT2D eigenvalue weighted by molar-refractivity contribution is 0.102. The van der Waals surface area contributed by atoms with Gasteiger partial charge in [0.05, 0.1) is 18.5 Å². The Bertz CT molecular complexity index is 1330. The smallest absolute Gasteiger partial charge is 0.319 e. The fourth-order valence-corrected chi connectivity index (χ4v) is 4.16. The van der Waals surface area contributed by atoms with Crippen LogP contribution in [0, 0.1) is 5.82 Å². The maximum absolute atomic E-state index is 13.4. The largest absolute Gasteiger partial charge is 0.467 e. The van der Waals surface area contributed by atoms with Crippen molar-refractivity contribution < 1.29 is 18.4 Å². The molecule has 5 rings (SSSR count). The van der Waals surface area contributed by atoms with Crippen LogP contribution >= 0.6 is 0 Å². The quantitative estimate of drug-likeness (QED) is 0.364. The number of rotatable bonds is 6. The van der Waals surface area contributed by atoms with Gasteiger partial charge in [-0.1, -0.05) is 0 Å². The van der Waals surface area contributed by atoms with Gasteiger partial charge in [-0.2, -0.15) is 5.10 Å². The minimum atomic E-state index is -0.365. The molecule has 1 aliphatic carbocycles. The van der Waals surface area contributed by atoms with Gasteiger partial charge in [-0.15, -0.1) is 0 Å². The van der Waals surface area contributed by atoms with E-state index < -0.39 is 0 Å². The topological polar surface area (TPSA) is 101 Å². The molecule has 4 aromatic rings. The average molecular weight is 474 g/mol. The van der Waals surface area contributed by atoms with E-state index in [9.17, 15) is 14.0 Å². The zero-order valence-electron chi connectivity index (χ0n) is 18.9. The van der Waals surface area contributed by atoms with E-state index in [4.69, 9.17) is 4.42 Å². The highest BCUT2D eigenvalue weighted by Gasteiger charge is 2.25. The van der Waals surface area contributed by atoms with E-state index in [1.165, 1.54) is 12.1 Å². The van der Waals surface area contributed by atoms with Crippen molar-refractivity contribution in [1.29, 1.82) is 0 Å². The summed E-state index contributed by atoms with van der Waals surface area (Å²) in [5, 5.41) is 12.9. The fourth-order valence-electron chi connectivity index (χ4n) is 4.16. The van der Waals surface area contributed by atoms with Crippen LogP contribution < -0.4 is 16.0 Å². The summed E-state index contributed by atoms with van der Waals surface area (Å²) in [6.45, 7) is 0.280. The highest BCUT2D eigenvalue weighted by Crippen LogP contribution is 2.28. The molecule has 2 aromatic heterocycles. The van der Waals surface area contributed by atoms with Gasteiger partial charge in [0.2, 0.25) is 0 Å². The van der Waals surface area contributed by atoms with Gasteiger partial charge in [-0.05, 0) is 86.3 Å². The Morgan fingerprint density at radius 1 is 0.943 bits per heavy atom. The third kappa shape index (κ3) is 5.08. The van der Waals surface area contributed by atoms with Crippen LogP contribution in [-0.4, -0.2) is 21.7 Å². The number of nitrogens with one attached hydrogen (secondary N) is 3. The first kappa shape index (κ1) is 22.4. The van der Waals surface area contributed by atoms with E-state index in [1.54, 1.807) is 59.5 Å². The Labute approximate surface area is 201 Å². The predicted molar refractivity (Wildman–Crippen MR) is 129 cm³/mol. The Morgan fingerprint density at radius 2 is 1.66 bits per heavy atom. The van der Waals surface area contributed by atoms with Crippen LogP contribution in [-0.2, 0) is 19.4 Å². The molecule has 0 atom stereocenters. The zero-order chi connectivity index (χ0) is 24.2. The van der Waals surface area contributed by atoms with Gasteiger partial charge < -0.3 is 20.4 Å². The number of carbonyl (C=O) groups is 2. The molecule has 9 heteroatoms. The van der Waals surface area contributed by atoms with Gasteiger partial charge in [-0.25, -0.2) is 13.9 Å². The van der Waals surface area contributed by atoms with Crippen molar-refractivity contribution in [2.45, 2.75) is 32.2 Å². The van der Waals surface area contributed by atoms with Crippen molar-refractivity contribution in [3.8, 4) is 5.69 Å². The Hall–Kier alpha value is -4.40. The maximum atomic E-state index is 13.4. The molecule has 0 unspecified atom stereocenters. The van der Waals surface area contributed by atoms with Gasteiger partial charge in [0.1, 0.15) is 11.6 Å². The number of anilines is 2. The Morgan fingerprint density at radius 3 is 2.37 bits per heavy atom. The molecule has 3 N–H and O–H groups in total. The lowest BCUT2D eigenvalue weighted by Crippen LogP contribution is -2.27. The van der Waals surface area contributed by atoms with E-state index in [-0.39, 0.29) is 24.3 Å². The molecule has 0 saturated carbocycles. The highest BCUT2D eigenvalue weighted by atomic mass is 19.1. The van der Waals surface area contributed by atoms with Crippen LogP contribution in [0.3, 0.4) is 0 Å². The first-order valence-electron chi connectivity index (χ1n) is 11.4. The number of hydrogen-bond donors (Lipinski definition) is 3. The molecule has 178 valence electrons. The van der Waals surface area contributed by atoms with Crippen molar-refractivity contribution >= 4 is 23.3 Å². The van der Waals surface area contributed by atoms with Crippen LogP contribution in [0.2, 0.25) is 0 Å². The van der Waals surface area contributed by atoms with E-state index in [2.05, 4.69) is 21.0 Å². The number of urea groups is 1. The number of furan rings is 1. The van der Waals surface area contributed by atoms with Crippen molar-refractivity contribution in [3.05, 3.63) is 95.5 Å². The molecule has 3 amide bonds. The maximum Gasteiger partial charge on any atom is 0.319 e. The first-order valence-corrected chi connectivity index (χ1v) is 11.4. The van der Waals surface area contributed by atoms with Gasteiger partial charge >= 0.3 is 6.03 Å². The number of amides is 3. The lowest BCUT2D eigenvalue weighted by Gasteiger charge is -2.14. The number of aromatic nitrogens is 2. The van der Waals surface area contributed by atoms with E-state index in [1.807, 2.05) is 0 Å². The van der Waals surface area contributed by atoms with Crippen molar-refractivity contribution in [2.75, 3.05) is 10.6 Å². The summed E-state index contributed by atoms with van der Waals surface area (Å²) in [6, 6.07) is 16.1. The molecule has 0 fully saturated rings. The molecule has 0 aliphatic heterocycles. The second-order valence-corrected chi connectivity index (χ2v) is 8.29. The molecule has 0 bridgehead atoms. The molecule has 2 aromatic carbocycles. The third-order valence-electron chi connectivity index (χ3n) is 5.87. The van der Waals surface area contributed by atoms with Crippen LogP contribution in [0.1, 0.15) is 40.3 Å². The third-order valence-corrected chi connectivity index (χ3v) is 5.87. The van der Waals surface area contributed by atoms with E-state index >= 15 is 0 Å². The van der Waals surface area contributed by atoms with E-state index in [0.29, 0.717) is 22.8 Å². The molecule has 1 aliphatic rings. The standard InChI is InChI=1S/C26H24FN5O3/c27-17-7-13-20(14-8-17)32-23-6-2-1-5-22(23)24(31-32)25(33)29-18-9-11-19(12-10-18)30-26(34)28-16-21-4-3-15-35-21/h3-4,7-15H,1-2,5-6,16H2,(H,29,33)(H2,28,30,34). The number of benzene rings is 2. The van der Waals surface area contributed by atoms with Gasteiger partial charge in [0.15, 0.2) is 5.69 Å². The monoisotopic (exact) mass is 473 g/mol. The summed E-state index contributed by atoms with van der Waals surface area (Å²) in [7, 11) is 0. The van der Waals surface area contributed by atoms with Crippen molar-refractivity contribution in [2.24, 2.45) is 0 Å². The second kappa shape index (κ2) is 9.84. The van der Waals surface area contributed by atoms with Gasteiger partial charge in [-0.3, -0.25) is 4.79 Å². The van der Waals surface area contributed by atoms with E-state index in [0.717, 1.165) is 42.6 Å². The molecule has 8 nitrogen and oxygen atoms in total. The predicted octanol–water partition coefficient (Wildman–Crippen LogP) is 5.06. The number of fused-ring (bicyclic) bond motifs is 1. The fraction of sp³-hybridized carbons (Fsp3) is 0.192. The van der Waals surface area contributed by atoms with Crippen LogP contribution in [0.15, 0.2) is 71.3 Å². The van der Waals surface area contributed by atoms with Crippen LogP contribution in [0.25, 0.3) is 5.69 Å². The molecule has 0 radical (unpaired) electrons. The Balaban J connectivity index is 1.26. The van der Waals surface area contributed by atoms with Crippen LogP contribution in [0.4, 0.5) is 20.6 Å². The minimum absolute atomic E-state index is 0.280. The van der Waals surface area contributed by atoms with Crippen molar-refractivity contribution in [1.82, 2.24) is 15.1 Å². The summed E-state index contributed by atoms with van der Waals surface area (Å²) in [5.41, 5.74) is 4.20. The molecule has 0 spiro atoms. The summed E-state index contributed by atoms with van der Waals surface area (Å²) in [6.07, 6.45) is 5.14. The molecule has 0 saturated heterocycles. The summed E-state index contributed by atoms with van der Waals surface area (Å²) >= 11 is 0. The zero-order valence-corrected chi connectivity index (χ0v) is 18.9. The summed E-state index contributed by atoms with van der Waals surface area (Å²) in [4.78, 5) is 25.2. The normalized spacial score (nSPS) is 12.6. The molecular formula is C26H24FN5O3. The summed E-state index contributed by atoms with van der Waals surface area (Å²) < 4.78 is 20.3. The first-order chi connectivity index (χ1) is 17.1. The number of nitrogens with zero attached hydrogens (tertiary/aromatic N) is 2. The van der Waals surface area contributed by atoms with Crippen molar-refractivity contribution in [3.63, 3.8) is 0 Å². The molecule has 35 heavy (non-hydrogen) atoms. The average Bonchev–Trinajstić information content (AvgIpc) is 3.53. The lowest BCUT2D eigenvalue weighted by atomic mass is 9.95. The number of carbonyl (C=O) groups excluding carboxylic acids is 2. The van der Waals surface area contributed by atoms with Gasteiger partial charge in [0, 0.05) is 22.6 Å². The van der Waals surface area contributed by atoms with Crippen LogP contribution in [0.5, 0.6) is 0 Å². The SMILES string of the molecule is O=C(NCc1ccco1)Nc1ccc(NC(=O)c2nn(-c3ccc(F)cc3)c3c2CCCC3)cc1.